The second-order valence-corrected chi connectivity index (χ2v) is 2.56. The molecule has 3 heteroatoms. The van der Waals surface area contributed by atoms with Crippen molar-refractivity contribution in [1.82, 2.24) is 9.97 Å². The highest BCUT2D eigenvalue weighted by atomic mass is 14.8. The minimum absolute atomic E-state index is 0.662. The highest BCUT2D eigenvalue weighted by Gasteiger charge is 2.01. The van der Waals surface area contributed by atoms with E-state index in [0.717, 1.165) is 17.8 Å². The fourth-order valence-corrected chi connectivity index (χ4v) is 1.13. The summed E-state index contributed by atoms with van der Waals surface area (Å²) in [7, 11) is 0. The minimum atomic E-state index is 0.662. The van der Waals surface area contributed by atoms with Gasteiger partial charge in [0.25, 0.3) is 0 Å². The number of rotatable bonds is 2. The van der Waals surface area contributed by atoms with E-state index in [1.807, 2.05) is 13.8 Å². The molecule has 11 heavy (non-hydrogen) atoms. The summed E-state index contributed by atoms with van der Waals surface area (Å²) < 4.78 is 0. The summed E-state index contributed by atoms with van der Waals surface area (Å²) in [5.41, 5.74) is 8.72. The van der Waals surface area contributed by atoms with Gasteiger partial charge in [-0.15, -0.1) is 0 Å². The molecule has 0 unspecified atom stereocenters. The van der Waals surface area contributed by atoms with E-state index in [4.69, 9.17) is 5.73 Å². The topological polar surface area (TPSA) is 51.8 Å². The predicted octanol–water partition coefficient (Wildman–Crippen LogP) is 0.595. The van der Waals surface area contributed by atoms with Gasteiger partial charge in [0.15, 0.2) is 0 Å². The molecule has 0 aliphatic carbocycles. The van der Waals surface area contributed by atoms with Crippen molar-refractivity contribution in [3.8, 4) is 0 Å². The van der Waals surface area contributed by atoms with Crippen LogP contribution < -0.4 is 5.73 Å². The van der Waals surface area contributed by atoms with Gasteiger partial charge in [0.1, 0.15) is 6.33 Å². The van der Waals surface area contributed by atoms with Gasteiger partial charge in [-0.25, -0.2) is 9.97 Å². The maximum atomic E-state index is 5.44. The summed E-state index contributed by atoms with van der Waals surface area (Å²) in [6.45, 7) is 4.63. The predicted molar refractivity (Wildman–Crippen MR) is 44.3 cm³/mol. The zero-order chi connectivity index (χ0) is 8.27. The van der Waals surface area contributed by atoms with Crippen LogP contribution in [-0.2, 0) is 6.42 Å². The molecule has 1 heterocycles. The van der Waals surface area contributed by atoms with Crippen LogP contribution in [0.2, 0.25) is 0 Å². The van der Waals surface area contributed by atoms with E-state index in [1.54, 1.807) is 6.33 Å². The molecule has 0 saturated heterocycles. The van der Waals surface area contributed by atoms with Crippen molar-refractivity contribution in [2.24, 2.45) is 5.73 Å². The molecule has 0 atom stereocenters. The van der Waals surface area contributed by atoms with E-state index in [0.29, 0.717) is 6.54 Å². The Morgan fingerprint density at radius 3 is 2.27 bits per heavy atom. The molecular weight excluding hydrogens is 138 g/mol. The number of hydrogen-bond acceptors (Lipinski definition) is 3. The van der Waals surface area contributed by atoms with Gasteiger partial charge in [0, 0.05) is 11.4 Å². The van der Waals surface area contributed by atoms with E-state index in [1.165, 1.54) is 5.56 Å². The van der Waals surface area contributed by atoms with E-state index in [2.05, 4.69) is 9.97 Å². The van der Waals surface area contributed by atoms with Crippen molar-refractivity contribution in [3.05, 3.63) is 23.3 Å². The highest BCUT2D eigenvalue weighted by molar-refractivity contribution is 5.22. The van der Waals surface area contributed by atoms with Gasteiger partial charge in [-0.2, -0.15) is 0 Å². The lowest BCUT2D eigenvalue weighted by atomic mass is 10.1. The lowest BCUT2D eigenvalue weighted by Crippen LogP contribution is -2.07. The fourth-order valence-electron chi connectivity index (χ4n) is 1.13. The number of aromatic nitrogens is 2. The second-order valence-electron chi connectivity index (χ2n) is 2.56. The molecule has 0 saturated carbocycles. The van der Waals surface area contributed by atoms with E-state index in [9.17, 15) is 0 Å². The molecule has 1 aromatic rings. The highest BCUT2D eigenvalue weighted by Crippen LogP contribution is 2.07. The molecule has 0 spiro atoms. The minimum Gasteiger partial charge on any atom is -0.330 e. The first-order valence-corrected chi connectivity index (χ1v) is 3.73. The smallest absolute Gasteiger partial charge is 0.115 e. The van der Waals surface area contributed by atoms with E-state index in [-0.39, 0.29) is 0 Å². The molecule has 2 N–H and O–H groups in total. The normalized spacial score (nSPS) is 10.1. The van der Waals surface area contributed by atoms with Gasteiger partial charge in [0.2, 0.25) is 0 Å². The maximum absolute atomic E-state index is 5.44. The van der Waals surface area contributed by atoms with Crippen LogP contribution in [0, 0.1) is 13.8 Å². The van der Waals surface area contributed by atoms with Crippen molar-refractivity contribution in [1.29, 1.82) is 0 Å². The molecule has 0 aliphatic rings. The van der Waals surface area contributed by atoms with Gasteiger partial charge in [-0.1, -0.05) is 0 Å². The molecule has 60 valence electrons. The van der Waals surface area contributed by atoms with Crippen LogP contribution in [0.25, 0.3) is 0 Å². The van der Waals surface area contributed by atoms with Gasteiger partial charge in [0.05, 0.1) is 0 Å². The number of nitrogens with zero attached hydrogens (tertiary/aromatic N) is 2. The summed E-state index contributed by atoms with van der Waals surface area (Å²) >= 11 is 0. The summed E-state index contributed by atoms with van der Waals surface area (Å²) in [5.74, 6) is 0. The third-order valence-electron chi connectivity index (χ3n) is 1.77. The van der Waals surface area contributed by atoms with Crippen LogP contribution in [0.3, 0.4) is 0 Å². The Morgan fingerprint density at radius 1 is 1.27 bits per heavy atom. The molecule has 0 aromatic carbocycles. The Balaban J connectivity index is 3.00. The summed E-state index contributed by atoms with van der Waals surface area (Å²) in [4.78, 5) is 8.18. The zero-order valence-electron chi connectivity index (χ0n) is 6.96. The average Bonchev–Trinajstić information content (AvgIpc) is 1.97. The summed E-state index contributed by atoms with van der Waals surface area (Å²) in [6.07, 6.45) is 2.46. The van der Waals surface area contributed by atoms with Crippen LogP contribution >= 0.6 is 0 Å². The van der Waals surface area contributed by atoms with Crippen molar-refractivity contribution in [2.75, 3.05) is 6.54 Å². The molecule has 1 rings (SSSR count). The van der Waals surface area contributed by atoms with Crippen LogP contribution in [-0.4, -0.2) is 16.5 Å². The first-order valence-electron chi connectivity index (χ1n) is 3.73. The molecule has 0 bridgehead atoms. The molecule has 0 aliphatic heterocycles. The summed E-state index contributed by atoms with van der Waals surface area (Å²) in [5, 5.41) is 0. The van der Waals surface area contributed by atoms with E-state index >= 15 is 0 Å². The standard InChI is InChI=1S/C8H13N3/c1-6-8(3-4-9)7(2)11-5-10-6/h5H,3-4,9H2,1-2H3. The summed E-state index contributed by atoms with van der Waals surface area (Å²) in [6, 6.07) is 0. The van der Waals surface area contributed by atoms with Crippen molar-refractivity contribution >= 4 is 0 Å². The largest absolute Gasteiger partial charge is 0.330 e. The molecule has 0 fully saturated rings. The van der Waals surface area contributed by atoms with Crippen LogP contribution in [0.4, 0.5) is 0 Å². The Hall–Kier alpha value is -0.960. The van der Waals surface area contributed by atoms with Crippen molar-refractivity contribution in [3.63, 3.8) is 0 Å². The number of nitrogens with two attached hydrogens (primary N) is 1. The van der Waals surface area contributed by atoms with Crippen LogP contribution in [0.5, 0.6) is 0 Å². The number of hydrogen-bond donors (Lipinski definition) is 1. The quantitative estimate of drug-likeness (QED) is 0.673. The monoisotopic (exact) mass is 151 g/mol. The molecule has 3 nitrogen and oxygen atoms in total. The third kappa shape index (κ3) is 1.74. The second kappa shape index (κ2) is 3.44. The van der Waals surface area contributed by atoms with Crippen LogP contribution in [0.15, 0.2) is 6.33 Å². The van der Waals surface area contributed by atoms with Gasteiger partial charge in [-0.3, -0.25) is 0 Å². The third-order valence-corrected chi connectivity index (χ3v) is 1.77. The Labute approximate surface area is 66.7 Å². The van der Waals surface area contributed by atoms with Gasteiger partial charge >= 0.3 is 0 Å². The first-order chi connectivity index (χ1) is 5.25. The molecule has 1 aromatic heterocycles. The SMILES string of the molecule is Cc1ncnc(C)c1CCN. The van der Waals surface area contributed by atoms with Gasteiger partial charge in [-0.05, 0) is 32.4 Å². The maximum Gasteiger partial charge on any atom is 0.115 e. The number of aryl methyl sites for hydroxylation is 2. The molecule has 0 amide bonds. The Kier molecular flexibility index (Phi) is 2.54. The lowest BCUT2D eigenvalue weighted by molar-refractivity contribution is 0.895. The average molecular weight is 151 g/mol. The van der Waals surface area contributed by atoms with Crippen LogP contribution in [0.1, 0.15) is 17.0 Å². The van der Waals surface area contributed by atoms with Crippen molar-refractivity contribution < 1.29 is 0 Å². The lowest BCUT2D eigenvalue weighted by Gasteiger charge is -2.04. The molecule has 0 radical (unpaired) electrons. The Morgan fingerprint density at radius 2 is 1.82 bits per heavy atom. The fraction of sp³-hybridized carbons (Fsp3) is 0.500. The van der Waals surface area contributed by atoms with Crippen molar-refractivity contribution in [2.45, 2.75) is 20.3 Å². The van der Waals surface area contributed by atoms with E-state index < -0.39 is 0 Å². The Bertz CT molecular complexity index is 225. The molecular formula is C8H13N3. The van der Waals surface area contributed by atoms with Gasteiger partial charge < -0.3 is 5.73 Å². The zero-order valence-corrected chi connectivity index (χ0v) is 6.96. The first kappa shape index (κ1) is 8.14.